The van der Waals surface area contributed by atoms with E-state index in [0.29, 0.717) is 36.5 Å². The maximum Gasteiger partial charge on any atom is 0.280 e. The van der Waals surface area contributed by atoms with E-state index in [2.05, 4.69) is 28.0 Å². The van der Waals surface area contributed by atoms with Crippen molar-refractivity contribution in [2.45, 2.75) is 19.4 Å². The fourth-order valence-corrected chi connectivity index (χ4v) is 2.98. The summed E-state index contributed by atoms with van der Waals surface area (Å²) in [6, 6.07) is 0. The van der Waals surface area contributed by atoms with E-state index in [1.54, 1.807) is 17.9 Å². The van der Waals surface area contributed by atoms with E-state index in [1.165, 1.54) is 4.68 Å². The fraction of sp³-hybridized carbons (Fsp3) is 0.667. The molecule has 0 spiro atoms. The Morgan fingerprint density at radius 3 is 2.90 bits per heavy atom. The van der Waals surface area contributed by atoms with Crippen LogP contribution in [0.3, 0.4) is 0 Å². The predicted octanol–water partition coefficient (Wildman–Crippen LogP) is 0.252. The zero-order valence-corrected chi connectivity index (χ0v) is 12.2. The average molecular weight is 295 g/mol. The van der Waals surface area contributed by atoms with Crippen molar-refractivity contribution in [3.05, 3.63) is 16.6 Å². The number of thiol groups is 1. The summed E-state index contributed by atoms with van der Waals surface area (Å²) in [6.45, 7) is 1.94. The molecule has 0 saturated carbocycles. The second-order valence-electron chi connectivity index (χ2n) is 5.33. The summed E-state index contributed by atoms with van der Waals surface area (Å²) < 4.78 is 8.39. The van der Waals surface area contributed by atoms with Crippen molar-refractivity contribution in [3.63, 3.8) is 0 Å². The molecule has 2 aromatic rings. The highest BCUT2D eigenvalue weighted by atomic mass is 32.1. The number of fused-ring (bicyclic) bond motifs is 1. The fourth-order valence-electron chi connectivity index (χ4n) is 2.57. The van der Waals surface area contributed by atoms with Crippen molar-refractivity contribution in [2.24, 2.45) is 12.5 Å². The molecule has 1 fully saturated rings. The Morgan fingerprint density at radius 2 is 2.20 bits per heavy atom. The van der Waals surface area contributed by atoms with Gasteiger partial charge < -0.3 is 4.74 Å². The van der Waals surface area contributed by atoms with Gasteiger partial charge in [0.2, 0.25) is 0 Å². The Labute approximate surface area is 121 Å². The Morgan fingerprint density at radius 1 is 1.45 bits per heavy atom. The van der Waals surface area contributed by atoms with Gasteiger partial charge in [-0.2, -0.15) is 17.7 Å². The second-order valence-corrected chi connectivity index (χ2v) is 5.64. The third kappa shape index (κ3) is 2.22. The van der Waals surface area contributed by atoms with E-state index < -0.39 is 0 Å². The van der Waals surface area contributed by atoms with E-state index >= 15 is 0 Å². The van der Waals surface area contributed by atoms with Gasteiger partial charge in [-0.1, -0.05) is 5.21 Å². The van der Waals surface area contributed by atoms with Crippen LogP contribution in [0.25, 0.3) is 11.0 Å². The molecule has 108 valence electrons. The maximum atomic E-state index is 12.4. The monoisotopic (exact) mass is 295 g/mol. The lowest BCUT2D eigenvalue weighted by molar-refractivity contribution is 0.0155. The van der Waals surface area contributed by atoms with Crippen molar-refractivity contribution < 1.29 is 4.74 Å². The Bertz CT molecular complexity index is 674. The van der Waals surface area contributed by atoms with Crippen LogP contribution in [-0.4, -0.2) is 43.7 Å². The Kier molecular flexibility index (Phi) is 3.51. The zero-order valence-electron chi connectivity index (χ0n) is 11.3. The van der Waals surface area contributed by atoms with Crippen molar-refractivity contribution in [3.8, 4) is 0 Å². The van der Waals surface area contributed by atoms with Gasteiger partial charge in [0.15, 0.2) is 5.65 Å². The molecule has 20 heavy (non-hydrogen) atoms. The molecule has 2 aromatic heterocycles. The van der Waals surface area contributed by atoms with Crippen molar-refractivity contribution in [2.75, 3.05) is 19.0 Å². The molecule has 0 amide bonds. The smallest absolute Gasteiger partial charge is 0.280 e. The summed E-state index contributed by atoms with van der Waals surface area (Å²) >= 11 is 4.46. The molecule has 0 aliphatic carbocycles. The number of nitrogens with zero attached hydrogens (tertiary/aromatic N) is 5. The Hall–Kier alpha value is -1.41. The lowest BCUT2D eigenvalue weighted by atomic mass is 9.82. The van der Waals surface area contributed by atoms with E-state index in [-0.39, 0.29) is 11.0 Å². The van der Waals surface area contributed by atoms with Gasteiger partial charge in [-0.25, -0.2) is 9.36 Å². The minimum Gasteiger partial charge on any atom is -0.381 e. The minimum atomic E-state index is -0.143. The first kappa shape index (κ1) is 13.6. The van der Waals surface area contributed by atoms with E-state index in [4.69, 9.17) is 4.74 Å². The summed E-state index contributed by atoms with van der Waals surface area (Å²) in [4.78, 5) is 12.4. The topological polar surface area (TPSA) is 74.8 Å². The molecule has 1 aliphatic rings. The van der Waals surface area contributed by atoms with Gasteiger partial charge >= 0.3 is 0 Å². The summed E-state index contributed by atoms with van der Waals surface area (Å²) in [5, 5.41) is 12.7. The first-order chi connectivity index (χ1) is 9.65. The molecule has 0 unspecified atom stereocenters. The van der Waals surface area contributed by atoms with Crippen LogP contribution in [0.15, 0.2) is 11.0 Å². The van der Waals surface area contributed by atoms with Crippen LogP contribution in [0.1, 0.15) is 12.8 Å². The third-order valence-corrected chi connectivity index (χ3v) is 4.66. The first-order valence-electron chi connectivity index (χ1n) is 6.59. The highest BCUT2D eigenvalue weighted by Gasteiger charge is 2.32. The van der Waals surface area contributed by atoms with Gasteiger partial charge in [0.1, 0.15) is 5.39 Å². The van der Waals surface area contributed by atoms with Crippen LogP contribution in [0, 0.1) is 5.41 Å². The molecule has 1 saturated heterocycles. The highest BCUT2D eigenvalue weighted by Crippen LogP contribution is 2.33. The van der Waals surface area contributed by atoms with Gasteiger partial charge in [0.25, 0.3) is 5.56 Å². The zero-order chi connectivity index (χ0) is 14.2. The number of ether oxygens (including phenoxy) is 1. The van der Waals surface area contributed by atoms with Crippen LogP contribution in [0.4, 0.5) is 0 Å². The molecule has 7 nitrogen and oxygen atoms in total. The van der Waals surface area contributed by atoms with Crippen LogP contribution >= 0.6 is 12.6 Å². The summed E-state index contributed by atoms with van der Waals surface area (Å²) in [6.07, 6.45) is 3.31. The molecule has 3 rings (SSSR count). The van der Waals surface area contributed by atoms with Gasteiger partial charge in [-0.15, -0.1) is 5.10 Å². The van der Waals surface area contributed by atoms with E-state index in [0.717, 1.165) is 12.8 Å². The molecule has 1 aliphatic heterocycles. The molecule has 8 heteroatoms. The molecule has 0 N–H and O–H groups in total. The summed E-state index contributed by atoms with van der Waals surface area (Å²) in [5.74, 6) is 0.704. The lowest BCUT2D eigenvalue weighted by Crippen LogP contribution is -2.39. The average Bonchev–Trinajstić information content (AvgIpc) is 2.85. The number of aromatic nitrogens is 5. The number of hydrogen-bond donors (Lipinski definition) is 1. The van der Waals surface area contributed by atoms with E-state index in [9.17, 15) is 4.79 Å². The van der Waals surface area contributed by atoms with Crippen LogP contribution < -0.4 is 5.56 Å². The van der Waals surface area contributed by atoms with Gasteiger partial charge in [-0.05, 0) is 18.6 Å². The summed E-state index contributed by atoms with van der Waals surface area (Å²) in [5.41, 5.74) is 0.323. The first-order valence-corrected chi connectivity index (χ1v) is 7.23. The maximum absolute atomic E-state index is 12.4. The molecular formula is C12H17N5O2S. The molecular weight excluding hydrogens is 278 g/mol. The number of rotatable bonds is 3. The van der Waals surface area contributed by atoms with Crippen molar-refractivity contribution in [1.82, 2.24) is 24.8 Å². The van der Waals surface area contributed by atoms with Crippen molar-refractivity contribution in [1.29, 1.82) is 0 Å². The van der Waals surface area contributed by atoms with Crippen LogP contribution in [0.5, 0.6) is 0 Å². The number of hydrogen-bond acceptors (Lipinski definition) is 6. The second kappa shape index (κ2) is 5.17. The largest absolute Gasteiger partial charge is 0.381 e. The Balaban J connectivity index is 1.98. The molecule has 0 radical (unpaired) electrons. The molecule has 0 aromatic carbocycles. The summed E-state index contributed by atoms with van der Waals surface area (Å²) in [7, 11) is 1.74. The molecule has 0 atom stereocenters. The third-order valence-electron chi connectivity index (χ3n) is 3.99. The van der Waals surface area contributed by atoms with Gasteiger partial charge in [-0.3, -0.25) is 4.79 Å². The van der Waals surface area contributed by atoms with Gasteiger partial charge in [0.05, 0.1) is 12.7 Å². The number of aryl methyl sites for hydroxylation is 1. The van der Waals surface area contributed by atoms with Crippen LogP contribution in [0.2, 0.25) is 0 Å². The van der Waals surface area contributed by atoms with Gasteiger partial charge in [0, 0.05) is 25.7 Å². The molecule has 0 bridgehead atoms. The predicted molar refractivity (Wildman–Crippen MR) is 76.9 cm³/mol. The lowest BCUT2D eigenvalue weighted by Gasteiger charge is -2.35. The SMILES string of the molecule is Cn1ncc2c(=O)n(CC3(CS)CCOCC3)nnc21. The molecule has 3 heterocycles. The van der Waals surface area contributed by atoms with Crippen LogP contribution in [-0.2, 0) is 18.3 Å². The minimum absolute atomic E-state index is 0.0459. The normalized spacial score (nSPS) is 18.5. The standard InChI is InChI=1S/C12H17N5O2S/c1-16-10-9(6-13-16)11(18)17(15-14-10)7-12(8-20)2-4-19-5-3-12/h6,20H,2-5,7-8H2,1H3. The quantitative estimate of drug-likeness (QED) is 0.822. The van der Waals surface area contributed by atoms with Crippen molar-refractivity contribution >= 4 is 23.7 Å². The van der Waals surface area contributed by atoms with E-state index in [1.807, 2.05) is 0 Å². The highest BCUT2D eigenvalue weighted by molar-refractivity contribution is 7.80.